The van der Waals surface area contributed by atoms with Crippen molar-refractivity contribution in [2.24, 2.45) is 11.5 Å². The molecule has 0 fully saturated rings. The molecule has 3 nitrogen and oxygen atoms in total. The Bertz CT molecular complexity index is 584. The minimum atomic E-state index is -0.325. The highest BCUT2D eigenvalue weighted by Gasteiger charge is 2.17. The highest BCUT2D eigenvalue weighted by Crippen LogP contribution is 2.25. The van der Waals surface area contributed by atoms with Gasteiger partial charge in [0.25, 0.3) is 0 Å². The molecule has 2 atom stereocenters. The van der Waals surface area contributed by atoms with E-state index in [2.05, 4.69) is 6.07 Å². The lowest BCUT2D eigenvalue weighted by atomic mass is 9.94. The summed E-state index contributed by atoms with van der Waals surface area (Å²) in [7, 11) is 0. The van der Waals surface area contributed by atoms with E-state index in [4.69, 9.17) is 28.3 Å². The van der Waals surface area contributed by atoms with Gasteiger partial charge in [-0.3, -0.25) is 0 Å². The van der Waals surface area contributed by atoms with Gasteiger partial charge in [-0.2, -0.15) is 5.26 Å². The van der Waals surface area contributed by atoms with Crippen molar-refractivity contribution in [1.29, 1.82) is 5.26 Å². The van der Waals surface area contributed by atoms with Gasteiger partial charge in [-0.25, -0.2) is 0 Å². The predicted molar refractivity (Wildman–Crippen MR) is 76.5 cm³/mol. The number of nitrogens with two attached hydrogens (primary N) is 2. The Balaban J connectivity index is 2.20. The lowest BCUT2D eigenvalue weighted by Gasteiger charge is -2.20. The largest absolute Gasteiger partial charge is 0.322 e. The molecule has 2 aromatic carbocycles. The van der Waals surface area contributed by atoms with Crippen molar-refractivity contribution in [2.75, 3.05) is 0 Å². The van der Waals surface area contributed by atoms with Gasteiger partial charge in [-0.05, 0) is 35.4 Å². The van der Waals surface area contributed by atoms with Crippen LogP contribution in [0, 0.1) is 11.3 Å². The summed E-state index contributed by atoms with van der Waals surface area (Å²) in [6, 6.07) is 15.9. The lowest BCUT2D eigenvalue weighted by molar-refractivity contribution is 0.574. The SMILES string of the molecule is N#Cc1ccc(C(N)C(N)c2ccc(Cl)cc2)cc1. The van der Waals surface area contributed by atoms with Gasteiger partial charge in [0.05, 0.1) is 11.6 Å². The molecule has 2 unspecified atom stereocenters. The van der Waals surface area contributed by atoms with Crippen molar-refractivity contribution in [2.45, 2.75) is 12.1 Å². The molecular weight excluding hydrogens is 258 g/mol. The minimum Gasteiger partial charge on any atom is -0.322 e. The van der Waals surface area contributed by atoms with Gasteiger partial charge >= 0.3 is 0 Å². The molecule has 96 valence electrons. The monoisotopic (exact) mass is 271 g/mol. The summed E-state index contributed by atoms with van der Waals surface area (Å²) in [5, 5.41) is 9.43. The average molecular weight is 272 g/mol. The summed E-state index contributed by atoms with van der Waals surface area (Å²) >= 11 is 5.84. The van der Waals surface area contributed by atoms with Crippen molar-refractivity contribution in [3.05, 3.63) is 70.2 Å². The molecule has 0 amide bonds. The van der Waals surface area contributed by atoms with E-state index in [-0.39, 0.29) is 12.1 Å². The van der Waals surface area contributed by atoms with Crippen molar-refractivity contribution in [3.63, 3.8) is 0 Å². The first-order valence-corrected chi connectivity index (χ1v) is 6.26. The topological polar surface area (TPSA) is 75.8 Å². The van der Waals surface area contributed by atoms with E-state index < -0.39 is 0 Å². The molecule has 4 heteroatoms. The van der Waals surface area contributed by atoms with E-state index in [1.807, 2.05) is 24.3 Å². The Morgan fingerprint density at radius 1 is 0.842 bits per heavy atom. The summed E-state index contributed by atoms with van der Waals surface area (Å²) in [6.45, 7) is 0. The number of hydrogen-bond donors (Lipinski definition) is 2. The summed E-state index contributed by atoms with van der Waals surface area (Å²) in [5.41, 5.74) is 14.8. The van der Waals surface area contributed by atoms with Crippen LogP contribution < -0.4 is 11.5 Å². The Hall–Kier alpha value is -1.86. The third-order valence-corrected chi connectivity index (χ3v) is 3.32. The Morgan fingerprint density at radius 3 is 1.68 bits per heavy atom. The van der Waals surface area contributed by atoms with Gasteiger partial charge in [-0.15, -0.1) is 0 Å². The second-order valence-electron chi connectivity index (χ2n) is 4.34. The van der Waals surface area contributed by atoms with Gasteiger partial charge < -0.3 is 11.5 Å². The summed E-state index contributed by atoms with van der Waals surface area (Å²) in [6.07, 6.45) is 0. The number of nitriles is 1. The number of halogens is 1. The quantitative estimate of drug-likeness (QED) is 0.901. The molecule has 0 radical (unpaired) electrons. The first-order chi connectivity index (χ1) is 9.11. The molecule has 2 aromatic rings. The maximum atomic E-state index is 8.76. The first kappa shape index (κ1) is 13.6. The van der Waals surface area contributed by atoms with E-state index in [1.165, 1.54) is 0 Å². The van der Waals surface area contributed by atoms with Crippen molar-refractivity contribution >= 4 is 11.6 Å². The molecule has 0 aliphatic rings. The number of rotatable bonds is 3. The fourth-order valence-corrected chi connectivity index (χ4v) is 2.01. The molecule has 0 spiro atoms. The summed E-state index contributed by atoms with van der Waals surface area (Å²) in [5.74, 6) is 0. The van der Waals surface area contributed by atoms with Crippen LogP contribution in [0.15, 0.2) is 48.5 Å². The molecule has 4 N–H and O–H groups in total. The fourth-order valence-electron chi connectivity index (χ4n) is 1.88. The molecule has 0 heterocycles. The van der Waals surface area contributed by atoms with Gasteiger partial charge in [0.2, 0.25) is 0 Å². The van der Waals surface area contributed by atoms with Crippen LogP contribution in [-0.2, 0) is 0 Å². The van der Waals surface area contributed by atoms with Crippen molar-refractivity contribution in [1.82, 2.24) is 0 Å². The molecule has 0 aliphatic carbocycles. The normalized spacial score (nSPS) is 13.6. The Morgan fingerprint density at radius 2 is 1.26 bits per heavy atom. The minimum absolute atomic E-state index is 0.315. The van der Waals surface area contributed by atoms with E-state index in [9.17, 15) is 0 Å². The zero-order chi connectivity index (χ0) is 13.8. The standard InChI is InChI=1S/C15H14ClN3/c16-13-7-5-12(6-8-13)15(19)14(18)11-3-1-10(9-17)2-4-11/h1-8,14-15H,18-19H2. The van der Waals surface area contributed by atoms with Gasteiger partial charge in [-0.1, -0.05) is 35.9 Å². The van der Waals surface area contributed by atoms with Crippen LogP contribution in [0.25, 0.3) is 0 Å². The van der Waals surface area contributed by atoms with Crippen LogP contribution >= 0.6 is 11.6 Å². The number of benzene rings is 2. The fraction of sp³-hybridized carbons (Fsp3) is 0.133. The van der Waals surface area contributed by atoms with Gasteiger partial charge in [0.1, 0.15) is 0 Å². The molecular formula is C15H14ClN3. The Labute approximate surface area is 117 Å². The summed E-state index contributed by atoms with van der Waals surface area (Å²) < 4.78 is 0. The van der Waals surface area contributed by atoms with E-state index in [0.29, 0.717) is 10.6 Å². The van der Waals surface area contributed by atoms with Crippen molar-refractivity contribution in [3.8, 4) is 6.07 Å². The van der Waals surface area contributed by atoms with Crippen molar-refractivity contribution < 1.29 is 0 Å². The van der Waals surface area contributed by atoms with Crippen LogP contribution in [0.1, 0.15) is 28.8 Å². The van der Waals surface area contributed by atoms with Gasteiger partial charge in [0.15, 0.2) is 0 Å². The Kier molecular flexibility index (Phi) is 4.18. The highest BCUT2D eigenvalue weighted by molar-refractivity contribution is 6.30. The molecule has 0 aliphatic heterocycles. The van der Waals surface area contributed by atoms with Crippen LogP contribution in [0.4, 0.5) is 0 Å². The third kappa shape index (κ3) is 3.12. The number of nitrogens with zero attached hydrogens (tertiary/aromatic N) is 1. The average Bonchev–Trinajstić information content (AvgIpc) is 2.46. The molecule has 0 saturated heterocycles. The summed E-state index contributed by atoms with van der Waals surface area (Å²) in [4.78, 5) is 0. The van der Waals surface area contributed by atoms with E-state index >= 15 is 0 Å². The highest BCUT2D eigenvalue weighted by atomic mass is 35.5. The smallest absolute Gasteiger partial charge is 0.0991 e. The molecule has 0 saturated carbocycles. The molecule has 2 rings (SSSR count). The van der Waals surface area contributed by atoms with Crippen LogP contribution in [-0.4, -0.2) is 0 Å². The molecule has 0 aromatic heterocycles. The first-order valence-electron chi connectivity index (χ1n) is 5.88. The molecule has 0 bridgehead atoms. The second kappa shape index (κ2) is 5.85. The maximum absolute atomic E-state index is 8.76. The molecule has 19 heavy (non-hydrogen) atoms. The van der Waals surface area contributed by atoms with Crippen LogP contribution in [0.3, 0.4) is 0 Å². The maximum Gasteiger partial charge on any atom is 0.0991 e. The number of hydrogen-bond acceptors (Lipinski definition) is 3. The third-order valence-electron chi connectivity index (χ3n) is 3.07. The van der Waals surface area contributed by atoms with Crippen LogP contribution in [0.2, 0.25) is 5.02 Å². The second-order valence-corrected chi connectivity index (χ2v) is 4.77. The lowest BCUT2D eigenvalue weighted by Crippen LogP contribution is -2.26. The van der Waals surface area contributed by atoms with E-state index in [0.717, 1.165) is 11.1 Å². The zero-order valence-electron chi connectivity index (χ0n) is 10.3. The predicted octanol–water partition coefficient (Wildman–Crippen LogP) is 2.91. The van der Waals surface area contributed by atoms with Crippen LogP contribution in [0.5, 0.6) is 0 Å². The zero-order valence-corrected chi connectivity index (χ0v) is 11.0. The van der Waals surface area contributed by atoms with Gasteiger partial charge in [0, 0.05) is 17.1 Å². The van der Waals surface area contributed by atoms with E-state index in [1.54, 1.807) is 24.3 Å².